The highest BCUT2D eigenvalue weighted by molar-refractivity contribution is 6.30. The predicted octanol–water partition coefficient (Wildman–Crippen LogP) is 2.88. The number of guanidine groups is 1. The normalized spacial score (nSPS) is 20.0. The van der Waals surface area contributed by atoms with Crippen LogP contribution in [0.2, 0.25) is 5.02 Å². The summed E-state index contributed by atoms with van der Waals surface area (Å²) in [4.78, 5) is 6.86. The van der Waals surface area contributed by atoms with Crippen LogP contribution in [-0.2, 0) is 6.54 Å². The van der Waals surface area contributed by atoms with E-state index in [4.69, 9.17) is 11.6 Å². The Hall–Kier alpha value is -1.26. The van der Waals surface area contributed by atoms with Gasteiger partial charge in [0.25, 0.3) is 0 Å². The second kappa shape index (κ2) is 9.01. The highest BCUT2D eigenvalue weighted by Gasteiger charge is 2.20. The first-order chi connectivity index (χ1) is 10.7. The number of likely N-dealkylation sites (tertiary alicyclic amines) is 1. The van der Waals surface area contributed by atoms with Gasteiger partial charge in [-0.25, -0.2) is 0 Å². The minimum Gasteiger partial charge on any atom is -0.355 e. The van der Waals surface area contributed by atoms with Gasteiger partial charge < -0.3 is 10.6 Å². The van der Waals surface area contributed by atoms with Gasteiger partial charge in [-0.2, -0.15) is 0 Å². The van der Waals surface area contributed by atoms with Crippen LogP contribution in [-0.4, -0.2) is 43.6 Å². The number of hydrogen-bond donors (Lipinski definition) is 2. The Kier molecular flexibility index (Phi) is 7.00. The molecule has 122 valence electrons. The quantitative estimate of drug-likeness (QED) is 0.647. The molecule has 0 saturated carbocycles. The third kappa shape index (κ3) is 5.18. The van der Waals surface area contributed by atoms with Crippen molar-refractivity contribution in [1.29, 1.82) is 0 Å². The molecule has 0 spiro atoms. The second-order valence-electron chi connectivity index (χ2n) is 5.71. The van der Waals surface area contributed by atoms with Crippen molar-refractivity contribution >= 4 is 17.6 Å². The molecule has 1 aliphatic heterocycles. The second-order valence-corrected chi connectivity index (χ2v) is 6.15. The number of nitrogens with zero attached hydrogens (tertiary/aromatic N) is 2. The van der Waals surface area contributed by atoms with Crippen LogP contribution in [0, 0.1) is 0 Å². The van der Waals surface area contributed by atoms with Crippen LogP contribution in [0.4, 0.5) is 0 Å². The standard InChI is InChI=1S/C17H27ClN4/c1-3-22-11-5-4-6-16(22)13-21-17(19-2)20-12-14-7-9-15(18)10-8-14/h7-10,16H,3-6,11-13H2,1-2H3,(H2,19,20,21). The maximum Gasteiger partial charge on any atom is 0.191 e. The number of aliphatic imine (C=N–C) groups is 1. The van der Waals surface area contributed by atoms with Crippen LogP contribution in [0.3, 0.4) is 0 Å². The molecule has 0 aromatic heterocycles. The largest absolute Gasteiger partial charge is 0.355 e. The zero-order chi connectivity index (χ0) is 15.8. The van der Waals surface area contributed by atoms with Gasteiger partial charge in [-0.15, -0.1) is 0 Å². The van der Waals surface area contributed by atoms with Gasteiger partial charge in [-0.3, -0.25) is 9.89 Å². The summed E-state index contributed by atoms with van der Waals surface area (Å²) in [5.74, 6) is 0.858. The van der Waals surface area contributed by atoms with Crippen molar-refractivity contribution in [3.8, 4) is 0 Å². The third-order valence-electron chi connectivity index (χ3n) is 4.26. The SMILES string of the molecule is CCN1CCCCC1CNC(=NC)NCc1ccc(Cl)cc1. The Bertz CT molecular complexity index is 472. The van der Waals surface area contributed by atoms with E-state index in [1.807, 2.05) is 31.3 Å². The summed E-state index contributed by atoms with van der Waals surface area (Å²) < 4.78 is 0. The van der Waals surface area contributed by atoms with Gasteiger partial charge in [-0.1, -0.05) is 37.1 Å². The minimum atomic E-state index is 0.618. The monoisotopic (exact) mass is 322 g/mol. The fourth-order valence-electron chi connectivity index (χ4n) is 2.93. The van der Waals surface area contributed by atoms with Crippen molar-refractivity contribution in [2.24, 2.45) is 4.99 Å². The number of hydrogen-bond acceptors (Lipinski definition) is 2. The van der Waals surface area contributed by atoms with Crippen LogP contribution in [0.5, 0.6) is 0 Å². The number of halogens is 1. The Balaban J connectivity index is 1.78. The summed E-state index contributed by atoms with van der Waals surface area (Å²) in [6.45, 7) is 6.29. The molecular weight excluding hydrogens is 296 g/mol. The van der Waals surface area contributed by atoms with E-state index in [0.29, 0.717) is 6.04 Å². The first kappa shape index (κ1) is 17.1. The Morgan fingerprint density at radius 2 is 2.05 bits per heavy atom. The molecule has 1 aliphatic rings. The number of benzene rings is 1. The van der Waals surface area contributed by atoms with Gasteiger partial charge >= 0.3 is 0 Å². The lowest BCUT2D eigenvalue weighted by atomic mass is 10.0. The number of rotatable bonds is 5. The summed E-state index contributed by atoms with van der Waals surface area (Å²) in [7, 11) is 1.82. The van der Waals surface area contributed by atoms with Crippen molar-refractivity contribution in [3.63, 3.8) is 0 Å². The first-order valence-corrected chi connectivity index (χ1v) is 8.53. The van der Waals surface area contributed by atoms with Gasteiger partial charge in [0.1, 0.15) is 0 Å². The van der Waals surface area contributed by atoms with Crippen LogP contribution in [0.15, 0.2) is 29.3 Å². The molecule has 22 heavy (non-hydrogen) atoms. The van der Waals surface area contributed by atoms with E-state index in [1.54, 1.807) is 0 Å². The first-order valence-electron chi connectivity index (χ1n) is 8.16. The molecule has 1 atom stereocenters. The molecule has 1 unspecified atom stereocenters. The van der Waals surface area contributed by atoms with Crippen molar-refractivity contribution in [2.45, 2.75) is 38.8 Å². The van der Waals surface area contributed by atoms with Gasteiger partial charge in [0.05, 0.1) is 0 Å². The fraction of sp³-hybridized carbons (Fsp3) is 0.588. The molecule has 1 aromatic rings. The highest BCUT2D eigenvalue weighted by Crippen LogP contribution is 2.15. The molecule has 1 fully saturated rings. The van der Waals surface area contributed by atoms with E-state index in [0.717, 1.165) is 30.6 Å². The van der Waals surface area contributed by atoms with Gasteiger partial charge in [0, 0.05) is 31.2 Å². The van der Waals surface area contributed by atoms with Crippen molar-refractivity contribution in [1.82, 2.24) is 15.5 Å². The minimum absolute atomic E-state index is 0.618. The third-order valence-corrected chi connectivity index (χ3v) is 4.51. The molecule has 5 heteroatoms. The van der Waals surface area contributed by atoms with E-state index < -0.39 is 0 Å². The molecule has 1 saturated heterocycles. The number of nitrogens with one attached hydrogen (secondary N) is 2. The van der Waals surface area contributed by atoms with E-state index in [1.165, 1.54) is 31.4 Å². The molecule has 1 heterocycles. The molecule has 0 aliphatic carbocycles. The lowest BCUT2D eigenvalue weighted by molar-refractivity contribution is 0.157. The van der Waals surface area contributed by atoms with Gasteiger partial charge in [0.15, 0.2) is 5.96 Å². The van der Waals surface area contributed by atoms with Crippen LogP contribution in [0.1, 0.15) is 31.7 Å². The summed E-state index contributed by atoms with van der Waals surface area (Å²) in [6.07, 6.45) is 3.93. The highest BCUT2D eigenvalue weighted by atomic mass is 35.5. The molecule has 0 bridgehead atoms. The van der Waals surface area contributed by atoms with Crippen molar-refractivity contribution in [2.75, 3.05) is 26.7 Å². The molecule has 1 aromatic carbocycles. The zero-order valence-corrected chi connectivity index (χ0v) is 14.4. The number of likely N-dealkylation sites (N-methyl/N-ethyl adjacent to an activating group) is 1. The lowest BCUT2D eigenvalue weighted by Gasteiger charge is -2.35. The maximum absolute atomic E-state index is 5.90. The summed E-state index contributed by atoms with van der Waals surface area (Å²) in [5.41, 5.74) is 1.19. The van der Waals surface area contributed by atoms with Gasteiger partial charge in [0.2, 0.25) is 0 Å². The Morgan fingerprint density at radius 1 is 1.27 bits per heavy atom. The van der Waals surface area contributed by atoms with Crippen molar-refractivity contribution in [3.05, 3.63) is 34.9 Å². The fourth-order valence-corrected chi connectivity index (χ4v) is 3.06. The Labute approximate surface area is 138 Å². The summed E-state index contributed by atoms with van der Waals surface area (Å²) in [5, 5.41) is 7.58. The average molecular weight is 323 g/mol. The summed E-state index contributed by atoms with van der Waals surface area (Å²) in [6, 6.07) is 8.50. The topological polar surface area (TPSA) is 39.7 Å². The van der Waals surface area contributed by atoms with Crippen LogP contribution < -0.4 is 10.6 Å². The van der Waals surface area contributed by atoms with E-state index in [9.17, 15) is 0 Å². The van der Waals surface area contributed by atoms with E-state index in [-0.39, 0.29) is 0 Å². The molecule has 4 nitrogen and oxygen atoms in total. The maximum atomic E-state index is 5.90. The smallest absolute Gasteiger partial charge is 0.191 e. The molecular formula is C17H27ClN4. The molecule has 2 N–H and O–H groups in total. The molecule has 0 amide bonds. The van der Waals surface area contributed by atoms with Crippen molar-refractivity contribution < 1.29 is 0 Å². The van der Waals surface area contributed by atoms with E-state index in [2.05, 4.69) is 27.4 Å². The van der Waals surface area contributed by atoms with Gasteiger partial charge in [-0.05, 0) is 43.6 Å². The number of piperidine rings is 1. The van der Waals surface area contributed by atoms with Crippen LogP contribution >= 0.6 is 11.6 Å². The predicted molar refractivity (Wildman–Crippen MR) is 94.5 cm³/mol. The van der Waals surface area contributed by atoms with Crippen LogP contribution in [0.25, 0.3) is 0 Å². The molecule has 0 radical (unpaired) electrons. The average Bonchev–Trinajstić information content (AvgIpc) is 2.57. The summed E-state index contributed by atoms with van der Waals surface area (Å²) >= 11 is 5.90. The van der Waals surface area contributed by atoms with E-state index >= 15 is 0 Å². The lowest BCUT2D eigenvalue weighted by Crippen LogP contribution is -2.48. The Morgan fingerprint density at radius 3 is 2.73 bits per heavy atom. The zero-order valence-electron chi connectivity index (χ0n) is 13.6. The molecule has 2 rings (SSSR count).